The molecule has 12 heavy (non-hydrogen) atoms. The van der Waals surface area contributed by atoms with Crippen LogP contribution in [0.4, 0.5) is 0 Å². The van der Waals surface area contributed by atoms with Crippen molar-refractivity contribution in [1.29, 1.82) is 0 Å². The van der Waals surface area contributed by atoms with E-state index >= 15 is 0 Å². The average Bonchev–Trinajstić information content (AvgIpc) is 1.82. The van der Waals surface area contributed by atoms with Crippen LogP contribution in [0.5, 0.6) is 0 Å². The molecule has 1 atom stereocenters. The Labute approximate surface area is 68.1 Å². The van der Waals surface area contributed by atoms with E-state index in [1.54, 1.807) is 6.92 Å². The Balaban J connectivity index is 3.49. The Morgan fingerprint density at radius 2 is 1.92 bits per heavy atom. The van der Waals surface area contributed by atoms with Crippen molar-refractivity contribution in [2.45, 2.75) is 20.0 Å². The van der Waals surface area contributed by atoms with Crippen molar-refractivity contribution in [2.75, 3.05) is 0 Å². The van der Waals surface area contributed by atoms with Gasteiger partial charge in [0, 0.05) is 5.69 Å². The summed E-state index contributed by atoms with van der Waals surface area (Å²) in [7, 11) is 0. The van der Waals surface area contributed by atoms with Gasteiger partial charge in [-0.3, -0.25) is 9.78 Å². The van der Waals surface area contributed by atoms with Crippen molar-refractivity contribution in [1.82, 2.24) is 9.97 Å². The van der Waals surface area contributed by atoms with Crippen LogP contribution in [0.25, 0.3) is 0 Å². The van der Waals surface area contributed by atoms with E-state index in [1.807, 2.05) is 4.98 Å². The molecule has 66 valence electrons. The molecule has 1 heterocycles. The van der Waals surface area contributed by atoms with Gasteiger partial charge in [0.25, 0.3) is 5.56 Å². The summed E-state index contributed by atoms with van der Waals surface area (Å²) >= 11 is 0. The lowest BCUT2D eigenvalue weighted by Gasteiger charge is -2.05. The third-order valence-corrected chi connectivity index (χ3v) is 1.59. The molecule has 0 aliphatic rings. The first-order valence-corrected chi connectivity index (χ1v) is 3.53. The molecule has 1 unspecified atom stereocenters. The van der Waals surface area contributed by atoms with Crippen LogP contribution >= 0.6 is 0 Å². The molecule has 1 aromatic heterocycles. The lowest BCUT2D eigenvalue weighted by Crippen LogP contribution is -2.28. The minimum absolute atomic E-state index is 0.203. The third-order valence-electron chi connectivity index (χ3n) is 1.59. The number of aromatic amines is 2. The molecule has 0 spiro atoms. The summed E-state index contributed by atoms with van der Waals surface area (Å²) in [4.78, 5) is 26.2. The summed E-state index contributed by atoms with van der Waals surface area (Å²) in [6.45, 7) is 3.04. The molecule has 0 radical (unpaired) electrons. The fourth-order valence-electron chi connectivity index (χ4n) is 1.11. The largest absolute Gasteiger partial charge is 0.388 e. The Morgan fingerprint density at radius 3 is 2.33 bits per heavy atom. The maximum Gasteiger partial charge on any atom is 0.325 e. The van der Waals surface area contributed by atoms with Crippen molar-refractivity contribution < 1.29 is 5.11 Å². The molecule has 0 aliphatic heterocycles. The quantitative estimate of drug-likeness (QED) is 0.527. The summed E-state index contributed by atoms with van der Waals surface area (Å²) in [6.07, 6.45) is -0.870. The normalized spacial score (nSPS) is 12.9. The maximum atomic E-state index is 11.1. The van der Waals surface area contributed by atoms with Gasteiger partial charge in [-0.05, 0) is 13.8 Å². The molecule has 5 heteroatoms. The molecule has 0 saturated heterocycles. The number of aromatic nitrogens is 2. The standard InChI is InChI=1S/C7H10N2O3/c1-3-5(4(2)10)6(11)9-7(12)8-3/h4,10H,1-2H3,(H2,8,9,11,12). The van der Waals surface area contributed by atoms with E-state index in [0.717, 1.165) is 0 Å². The first-order chi connectivity index (χ1) is 5.52. The number of hydrogen-bond donors (Lipinski definition) is 3. The first kappa shape index (κ1) is 8.73. The molecule has 0 amide bonds. The number of hydrogen-bond acceptors (Lipinski definition) is 3. The predicted octanol–water partition coefficient (Wildman–Crippen LogP) is -0.575. The minimum Gasteiger partial charge on any atom is -0.388 e. The van der Waals surface area contributed by atoms with Crippen LogP contribution in [0.1, 0.15) is 24.3 Å². The van der Waals surface area contributed by atoms with E-state index < -0.39 is 17.4 Å². The van der Waals surface area contributed by atoms with E-state index in [9.17, 15) is 9.59 Å². The summed E-state index contributed by atoms with van der Waals surface area (Å²) in [5.41, 5.74) is -0.485. The zero-order chi connectivity index (χ0) is 9.30. The van der Waals surface area contributed by atoms with Crippen LogP contribution < -0.4 is 11.2 Å². The van der Waals surface area contributed by atoms with Crippen molar-refractivity contribution in [3.63, 3.8) is 0 Å². The zero-order valence-electron chi connectivity index (χ0n) is 6.84. The molecule has 0 aliphatic carbocycles. The van der Waals surface area contributed by atoms with Gasteiger partial charge < -0.3 is 10.1 Å². The van der Waals surface area contributed by atoms with Crippen LogP contribution in [0, 0.1) is 6.92 Å². The second-order valence-electron chi connectivity index (χ2n) is 2.62. The minimum atomic E-state index is -0.870. The van der Waals surface area contributed by atoms with Crippen molar-refractivity contribution in [3.8, 4) is 0 Å². The molecule has 0 saturated carbocycles. The number of H-pyrrole nitrogens is 2. The third kappa shape index (κ3) is 1.45. The van der Waals surface area contributed by atoms with Crippen LogP contribution in [-0.4, -0.2) is 15.1 Å². The molecule has 3 N–H and O–H groups in total. The van der Waals surface area contributed by atoms with Crippen LogP contribution in [-0.2, 0) is 0 Å². The maximum absolute atomic E-state index is 11.1. The molecule has 0 aromatic carbocycles. The molecule has 1 aromatic rings. The highest BCUT2D eigenvalue weighted by Crippen LogP contribution is 2.06. The van der Waals surface area contributed by atoms with Gasteiger partial charge in [-0.2, -0.15) is 0 Å². The highest BCUT2D eigenvalue weighted by molar-refractivity contribution is 5.16. The van der Waals surface area contributed by atoms with E-state index in [-0.39, 0.29) is 5.56 Å². The molecule has 1 rings (SSSR count). The highest BCUT2D eigenvalue weighted by atomic mass is 16.3. The Morgan fingerprint density at radius 1 is 1.33 bits per heavy atom. The molecular formula is C7H10N2O3. The van der Waals surface area contributed by atoms with Crippen LogP contribution in [0.15, 0.2) is 9.59 Å². The summed E-state index contributed by atoms with van der Waals surface area (Å²) < 4.78 is 0. The highest BCUT2D eigenvalue weighted by Gasteiger charge is 2.10. The number of aryl methyl sites for hydroxylation is 1. The van der Waals surface area contributed by atoms with Crippen molar-refractivity contribution >= 4 is 0 Å². The van der Waals surface area contributed by atoms with Gasteiger partial charge in [-0.1, -0.05) is 0 Å². The SMILES string of the molecule is Cc1[nH]c(=O)[nH]c(=O)c1C(C)O. The number of aliphatic hydroxyl groups excluding tert-OH is 1. The van der Waals surface area contributed by atoms with Gasteiger partial charge in [0.15, 0.2) is 0 Å². The monoisotopic (exact) mass is 170 g/mol. The first-order valence-electron chi connectivity index (χ1n) is 3.53. The van der Waals surface area contributed by atoms with E-state index in [1.165, 1.54) is 6.92 Å². The average molecular weight is 170 g/mol. The van der Waals surface area contributed by atoms with Gasteiger partial charge in [-0.25, -0.2) is 4.79 Å². The van der Waals surface area contributed by atoms with Crippen LogP contribution in [0.2, 0.25) is 0 Å². The van der Waals surface area contributed by atoms with Gasteiger partial charge in [0.1, 0.15) is 0 Å². The topological polar surface area (TPSA) is 86.0 Å². The smallest absolute Gasteiger partial charge is 0.325 e. The molecule has 5 nitrogen and oxygen atoms in total. The Bertz CT molecular complexity index is 388. The van der Waals surface area contributed by atoms with Crippen molar-refractivity contribution in [3.05, 3.63) is 32.1 Å². The van der Waals surface area contributed by atoms with Gasteiger partial charge in [0.05, 0.1) is 11.7 Å². The fourth-order valence-corrected chi connectivity index (χ4v) is 1.11. The van der Waals surface area contributed by atoms with E-state index in [0.29, 0.717) is 5.69 Å². The molecule has 0 fully saturated rings. The second kappa shape index (κ2) is 2.94. The summed E-state index contributed by atoms with van der Waals surface area (Å²) in [5, 5.41) is 9.13. The van der Waals surface area contributed by atoms with Gasteiger partial charge >= 0.3 is 5.69 Å². The molecule has 0 bridgehead atoms. The summed E-state index contributed by atoms with van der Waals surface area (Å²) in [5.74, 6) is 0. The van der Waals surface area contributed by atoms with Crippen molar-refractivity contribution in [2.24, 2.45) is 0 Å². The van der Waals surface area contributed by atoms with Gasteiger partial charge in [-0.15, -0.1) is 0 Å². The lowest BCUT2D eigenvalue weighted by atomic mass is 10.1. The molecular weight excluding hydrogens is 160 g/mol. The number of nitrogens with one attached hydrogen (secondary N) is 2. The second-order valence-corrected chi connectivity index (χ2v) is 2.62. The predicted molar refractivity (Wildman–Crippen MR) is 43.1 cm³/mol. The zero-order valence-corrected chi connectivity index (χ0v) is 6.84. The Hall–Kier alpha value is -1.36. The van der Waals surface area contributed by atoms with E-state index in [2.05, 4.69) is 4.98 Å². The van der Waals surface area contributed by atoms with Crippen LogP contribution in [0.3, 0.4) is 0 Å². The summed E-state index contributed by atoms with van der Waals surface area (Å²) in [6, 6.07) is 0. The fraction of sp³-hybridized carbons (Fsp3) is 0.429. The lowest BCUT2D eigenvalue weighted by molar-refractivity contribution is 0.196. The number of aliphatic hydroxyl groups is 1. The Kier molecular flexibility index (Phi) is 2.14. The van der Waals surface area contributed by atoms with Gasteiger partial charge in [0.2, 0.25) is 0 Å². The van der Waals surface area contributed by atoms with E-state index in [4.69, 9.17) is 5.11 Å². The number of rotatable bonds is 1.